The van der Waals surface area contributed by atoms with E-state index in [1.165, 1.54) is 147 Å². The third-order valence-corrected chi connectivity index (χ3v) is 15.8. The molecule has 0 aliphatic heterocycles. The zero-order valence-corrected chi connectivity index (χ0v) is 41.6. The van der Waals surface area contributed by atoms with Crippen LogP contribution in [0.1, 0.15) is 73.4 Å². The molecular formula is C63H56N2S2. The Bertz CT molecular complexity index is 3830. The second-order valence-electron chi connectivity index (χ2n) is 19.0. The van der Waals surface area contributed by atoms with Crippen LogP contribution in [0.5, 0.6) is 0 Å². The van der Waals surface area contributed by atoms with Gasteiger partial charge in [0.25, 0.3) is 0 Å². The Morgan fingerprint density at radius 3 is 1.27 bits per heavy atom. The summed E-state index contributed by atoms with van der Waals surface area (Å²) in [6.45, 7) is 20.2. The molecule has 12 aromatic rings. The molecule has 12 rings (SSSR count). The van der Waals surface area contributed by atoms with E-state index in [1.54, 1.807) is 0 Å². The van der Waals surface area contributed by atoms with Crippen LogP contribution in [-0.2, 0) is 0 Å². The molecule has 0 saturated carbocycles. The Morgan fingerprint density at radius 2 is 0.791 bits per heavy atom. The number of benzene rings is 10. The van der Waals surface area contributed by atoms with Crippen LogP contribution < -0.4 is 9.80 Å². The van der Waals surface area contributed by atoms with Crippen molar-refractivity contribution in [3.05, 3.63) is 191 Å². The van der Waals surface area contributed by atoms with Gasteiger partial charge >= 0.3 is 0 Å². The average Bonchev–Trinajstić information content (AvgIpc) is 3.89. The minimum atomic E-state index is 0.294. The molecule has 67 heavy (non-hydrogen) atoms. The van der Waals surface area contributed by atoms with E-state index in [0.717, 1.165) is 0 Å². The number of fused-ring (bicyclic) bond motifs is 6. The molecule has 2 aromatic heterocycles. The van der Waals surface area contributed by atoms with Crippen LogP contribution in [0.2, 0.25) is 0 Å². The van der Waals surface area contributed by atoms with E-state index in [9.17, 15) is 0 Å². The zero-order chi connectivity index (χ0) is 46.2. The fraction of sp³-hybridized carbons (Fsp3) is 0.175. The molecule has 0 amide bonds. The first-order chi connectivity index (χ1) is 32.5. The van der Waals surface area contributed by atoms with Gasteiger partial charge in [-0.05, 0) is 156 Å². The molecule has 0 unspecified atom stereocenters. The predicted octanol–water partition coefficient (Wildman–Crippen LogP) is 20.3. The molecule has 0 bridgehead atoms. The van der Waals surface area contributed by atoms with Crippen molar-refractivity contribution in [3.63, 3.8) is 0 Å². The lowest BCUT2D eigenvalue weighted by Crippen LogP contribution is -2.13. The highest BCUT2D eigenvalue weighted by Crippen LogP contribution is 2.53. The molecule has 2 nitrogen and oxygen atoms in total. The van der Waals surface area contributed by atoms with Crippen molar-refractivity contribution in [1.29, 1.82) is 0 Å². The highest BCUT2D eigenvalue weighted by atomic mass is 32.1. The van der Waals surface area contributed by atoms with E-state index in [4.69, 9.17) is 0 Å². The molecule has 0 N–H and O–H groups in total. The summed E-state index contributed by atoms with van der Waals surface area (Å²) in [4.78, 5) is 5.14. The number of nitrogens with zero attached hydrogens (tertiary/aromatic N) is 2. The lowest BCUT2D eigenvalue weighted by Gasteiger charge is -2.31. The van der Waals surface area contributed by atoms with E-state index in [2.05, 4.69) is 230 Å². The number of hydrogen-bond acceptors (Lipinski definition) is 4. The van der Waals surface area contributed by atoms with Gasteiger partial charge in [0, 0.05) is 53.1 Å². The van der Waals surface area contributed by atoms with E-state index in [1.807, 2.05) is 22.7 Å². The third-order valence-electron chi connectivity index (χ3n) is 13.4. The lowest BCUT2D eigenvalue weighted by molar-refractivity contribution is 0.876. The molecular weight excluding hydrogens is 849 g/mol. The van der Waals surface area contributed by atoms with Gasteiger partial charge in [0.15, 0.2) is 0 Å². The average molecular weight is 905 g/mol. The summed E-state index contributed by atoms with van der Waals surface area (Å²) in [7, 11) is 0. The molecule has 0 spiro atoms. The van der Waals surface area contributed by atoms with Crippen molar-refractivity contribution < 1.29 is 0 Å². The Hall–Kier alpha value is -6.72. The molecule has 0 atom stereocenters. The van der Waals surface area contributed by atoms with Crippen LogP contribution >= 0.6 is 22.7 Å². The molecule has 0 saturated heterocycles. The Morgan fingerprint density at radius 1 is 0.388 bits per heavy atom. The van der Waals surface area contributed by atoms with Crippen molar-refractivity contribution in [1.82, 2.24) is 0 Å². The summed E-state index contributed by atoms with van der Waals surface area (Å²) < 4.78 is 5.23. The van der Waals surface area contributed by atoms with Gasteiger partial charge in [-0.1, -0.05) is 131 Å². The first kappa shape index (κ1) is 42.9. The maximum atomic E-state index is 2.58. The standard InChI is InChI=1S/C60H48N2S2.C3H8/c1-34(2)50-33-54(62(41-30-37(5)27-38(6)31-41)52-19-13-17-47-44-15-9-11-21-56(44)64-60(47)52)49-24-22-42-39(7)32-53(48-25-23-45(50)58(49)57(42)48)61(40-28-35(3)26-36(4)29-40)51-18-12-16-46-43-14-8-10-20-55(43)63-59(46)51;1-3-2/h8-34H,1-7H3;3H2,1-2H3. The normalized spacial score (nSPS) is 11.9. The molecule has 0 aliphatic rings. The molecule has 0 fully saturated rings. The van der Waals surface area contributed by atoms with Gasteiger partial charge in [-0.3, -0.25) is 0 Å². The van der Waals surface area contributed by atoms with E-state index >= 15 is 0 Å². The van der Waals surface area contributed by atoms with Crippen LogP contribution in [0.3, 0.4) is 0 Å². The molecule has 0 radical (unpaired) electrons. The Balaban J connectivity index is 0.00000161. The number of rotatable bonds is 7. The van der Waals surface area contributed by atoms with Gasteiger partial charge in [0.1, 0.15) is 0 Å². The van der Waals surface area contributed by atoms with Crippen LogP contribution in [0.4, 0.5) is 34.1 Å². The first-order valence-electron chi connectivity index (χ1n) is 23.8. The van der Waals surface area contributed by atoms with Gasteiger partial charge in [-0.15, -0.1) is 22.7 Å². The monoisotopic (exact) mass is 904 g/mol. The van der Waals surface area contributed by atoms with Gasteiger partial charge in [0.2, 0.25) is 0 Å². The lowest BCUT2D eigenvalue weighted by atomic mass is 9.85. The molecule has 4 heteroatoms. The zero-order valence-electron chi connectivity index (χ0n) is 40.0. The Kier molecular flexibility index (Phi) is 10.8. The van der Waals surface area contributed by atoms with Crippen molar-refractivity contribution in [2.24, 2.45) is 0 Å². The minimum Gasteiger partial charge on any atom is -0.308 e. The Labute approximate surface area is 402 Å². The maximum Gasteiger partial charge on any atom is 0.0640 e. The summed E-state index contributed by atoms with van der Waals surface area (Å²) in [5.74, 6) is 0.294. The van der Waals surface area contributed by atoms with E-state index in [0.29, 0.717) is 5.92 Å². The first-order valence-corrected chi connectivity index (χ1v) is 25.5. The summed E-state index contributed by atoms with van der Waals surface area (Å²) in [5, 5.41) is 13.0. The SMILES string of the molecule is CCC.Cc1cc(C)cc(N(c2cc(C)c3ccc4c(N(c5cc(C)cc(C)c5)c5cccc6c5sc5ccccc56)cc(C(C)C)c5ccc2c3c54)c2cccc3c2sc2ccccc23)c1. The highest BCUT2D eigenvalue weighted by molar-refractivity contribution is 7.26. The summed E-state index contributed by atoms with van der Waals surface area (Å²) >= 11 is 3.79. The second kappa shape index (κ2) is 16.9. The molecule has 2 heterocycles. The van der Waals surface area contributed by atoms with Crippen LogP contribution in [-0.4, -0.2) is 0 Å². The fourth-order valence-corrected chi connectivity index (χ4v) is 13.2. The summed E-state index contributed by atoms with van der Waals surface area (Å²) in [5.41, 5.74) is 14.8. The van der Waals surface area contributed by atoms with Gasteiger partial charge < -0.3 is 9.80 Å². The third kappa shape index (κ3) is 7.12. The maximum absolute atomic E-state index is 2.58. The van der Waals surface area contributed by atoms with Crippen molar-refractivity contribution in [2.45, 2.75) is 74.7 Å². The summed E-state index contributed by atoms with van der Waals surface area (Å²) in [6, 6.07) is 60.1. The van der Waals surface area contributed by atoms with Gasteiger partial charge in [-0.2, -0.15) is 0 Å². The molecule has 330 valence electrons. The number of anilines is 6. The van der Waals surface area contributed by atoms with E-state index in [-0.39, 0.29) is 0 Å². The smallest absolute Gasteiger partial charge is 0.0640 e. The van der Waals surface area contributed by atoms with Crippen LogP contribution in [0, 0.1) is 34.6 Å². The van der Waals surface area contributed by atoms with Gasteiger partial charge in [-0.25, -0.2) is 0 Å². The number of hydrogen-bond donors (Lipinski definition) is 0. The topological polar surface area (TPSA) is 6.48 Å². The van der Waals surface area contributed by atoms with Crippen molar-refractivity contribution in [2.75, 3.05) is 9.80 Å². The second-order valence-corrected chi connectivity index (χ2v) is 21.1. The van der Waals surface area contributed by atoms with Gasteiger partial charge in [0.05, 0.1) is 32.1 Å². The molecule has 10 aromatic carbocycles. The largest absolute Gasteiger partial charge is 0.308 e. The number of thiophene rings is 2. The highest BCUT2D eigenvalue weighted by Gasteiger charge is 2.27. The minimum absolute atomic E-state index is 0.294. The quantitative estimate of drug-likeness (QED) is 0.147. The molecule has 0 aliphatic carbocycles. The summed E-state index contributed by atoms with van der Waals surface area (Å²) in [6.07, 6.45) is 1.25. The van der Waals surface area contributed by atoms with Crippen molar-refractivity contribution in [3.8, 4) is 0 Å². The van der Waals surface area contributed by atoms with E-state index < -0.39 is 0 Å². The van der Waals surface area contributed by atoms with Crippen LogP contribution in [0.25, 0.3) is 72.7 Å². The number of aryl methyl sites for hydroxylation is 5. The fourth-order valence-electron chi connectivity index (χ4n) is 10.8. The predicted molar refractivity (Wildman–Crippen MR) is 299 cm³/mol. The van der Waals surface area contributed by atoms with Crippen molar-refractivity contribution >= 4 is 129 Å². The van der Waals surface area contributed by atoms with Crippen LogP contribution in [0.15, 0.2) is 158 Å².